The van der Waals surface area contributed by atoms with Crippen LogP contribution >= 0.6 is 0 Å². The molecule has 1 aromatic heterocycles. The van der Waals surface area contributed by atoms with Gasteiger partial charge in [-0.15, -0.1) is 6.58 Å². The zero-order chi connectivity index (χ0) is 14.3. The molecule has 1 heterocycles. The number of methoxy groups -OCH3 is 1. The van der Waals surface area contributed by atoms with Crippen LogP contribution in [0.4, 0.5) is 0 Å². The lowest BCUT2D eigenvalue weighted by Gasteiger charge is -2.06. The van der Waals surface area contributed by atoms with E-state index in [1.54, 1.807) is 7.11 Å². The Morgan fingerprint density at radius 3 is 2.74 bits per heavy atom. The fraction of sp³-hybridized carbons (Fsp3) is 0.667. The minimum atomic E-state index is 0.760. The molecular weight excluding hydrogens is 238 g/mol. The van der Waals surface area contributed by atoms with Gasteiger partial charge in [0.15, 0.2) is 0 Å². The highest BCUT2D eigenvalue weighted by Gasteiger charge is 2.10. The standard InChI is InChI=1S/C15H27N3O/c1-12(2)7-10-18-14(4)15(13(3)17-18)6-8-16-9-11-19-5/h16H,1,6-11H2,2-5H3. The zero-order valence-corrected chi connectivity index (χ0v) is 12.8. The number of nitrogens with zero attached hydrogens (tertiary/aromatic N) is 2. The Bertz CT molecular complexity index is 410. The van der Waals surface area contributed by atoms with Crippen molar-refractivity contribution in [2.75, 3.05) is 26.8 Å². The van der Waals surface area contributed by atoms with E-state index in [4.69, 9.17) is 4.74 Å². The summed E-state index contributed by atoms with van der Waals surface area (Å²) in [4.78, 5) is 0. The lowest BCUT2D eigenvalue weighted by molar-refractivity contribution is 0.199. The zero-order valence-electron chi connectivity index (χ0n) is 12.8. The van der Waals surface area contributed by atoms with Gasteiger partial charge in [0.05, 0.1) is 12.3 Å². The minimum Gasteiger partial charge on any atom is -0.383 e. The lowest BCUT2D eigenvalue weighted by Crippen LogP contribution is -2.22. The van der Waals surface area contributed by atoms with Crippen molar-refractivity contribution in [3.63, 3.8) is 0 Å². The molecule has 0 saturated carbocycles. The first-order valence-electron chi connectivity index (χ1n) is 6.93. The van der Waals surface area contributed by atoms with E-state index in [9.17, 15) is 0 Å². The van der Waals surface area contributed by atoms with E-state index in [1.807, 2.05) is 0 Å². The van der Waals surface area contributed by atoms with Crippen LogP contribution in [0.1, 0.15) is 30.3 Å². The number of nitrogens with one attached hydrogen (secondary N) is 1. The Hall–Kier alpha value is -1.13. The first-order valence-corrected chi connectivity index (χ1v) is 6.93. The van der Waals surface area contributed by atoms with Crippen molar-refractivity contribution in [3.05, 3.63) is 29.1 Å². The van der Waals surface area contributed by atoms with E-state index in [0.29, 0.717) is 0 Å². The molecule has 1 rings (SSSR count). The molecule has 4 heteroatoms. The molecule has 0 fully saturated rings. The third-order valence-corrected chi connectivity index (χ3v) is 3.32. The van der Waals surface area contributed by atoms with Gasteiger partial charge in [0.1, 0.15) is 0 Å². The van der Waals surface area contributed by atoms with Crippen LogP contribution in [0.3, 0.4) is 0 Å². The van der Waals surface area contributed by atoms with Gasteiger partial charge in [-0.3, -0.25) is 4.68 Å². The van der Waals surface area contributed by atoms with Crippen LogP contribution in [0, 0.1) is 13.8 Å². The van der Waals surface area contributed by atoms with Crippen molar-refractivity contribution >= 4 is 0 Å². The van der Waals surface area contributed by atoms with Crippen LogP contribution in [0.2, 0.25) is 0 Å². The largest absolute Gasteiger partial charge is 0.383 e. The average molecular weight is 265 g/mol. The van der Waals surface area contributed by atoms with Crippen LogP contribution in [-0.2, 0) is 17.7 Å². The van der Waals surface area contributed by atoms with Crippen molar-refractivity contribution < 1.29 is 4.74 Å². The van der Waals surface area contributed by atoms with E-state index >= 15 is 0 Å². The summed E-state index contributed by atoms with van der Waals surface area (Å²) in [5.41, 5.74) is 5.00. The van der Waals surface area contributed by atoms with Crippen LogP contribution in [-0.4, -0.2) is 36.6 Å². The van der Waals surface area contributed by atoms with Gasteiger partial charge < -0.3 is 10.1 Å². The van der Waals surface area contributed by atoms with Crippen LogP contribution in [0.5, 0.6) is 0 Å². The summed E-state index contributed by atoms with van der Waals surface area (Å²) < 4.78 is 7.12. The van der Waals surface area contributed by atoms with Gasteiger partial charge in [-0.2, -0.15) is 5.10 Å². The highest BCUT2D eigenvalue weighted by atomic mass is 16.5. The maximum absolute atomic E-state index is 5.01. The quantitative estimate of drug-likeness (QED) is 0.550. The number of aromatic nitrogens is 2. The van der Waals surface area contributed by atoms with Crippen LogP contribution < -0.4 is 5.32 Å². The van der Waals surface area contributed by atoms with Gasteiger partial charge in [-0.25, -0.2) is 0 Å². The normalized spacial score (nSPS) is 10.9. The van der Waals surface area contributed by atoms with Crippen molar-refractivity contribution in [1.29, 1.82) is 0 Å². The summed E-state index contributed by atoms with van der Waals surface area (Å²) in [5, 5.41) is 7.99. The second-order valence-corrected chi connectivity index (χ2v) is 5.07. The van der Waals surface area contributed by atoms with Crippen LogP contribution in [0.25, 0.3) is 0 Å². The first kappa shape index (κ1) is 15.9. The van der Waals surface area contributed by atoms with E-state index < -0.39 is 0 Å². The monoisotopic (exact) mass is 265 g/mol. The molecule has 0 radical (unpaired) electrons. The Labute approximate surface area is 116 Å². The molecule has 0 bridgehead atoms. The molecule has 1 N–H and O–H groups in total. The third-order valence-electron chi connectivity index (χ3n) is 3.32. The van der Waals surface area contributed by atoms with Crippen LogP contribution in [0.15, 0.2) is 12.2 Å². The number of rotatable bonds is 9. The molecule has 0 atom stereocenters. The summed E-state index contributed by atoms with van der Waals surface area (Å²) in [6.45, 7) is 13.8. The predicted octanol–water partition coefficient (Wildman–Crippen LogP) is 2.24. The predicted molar refractivity (Wildman–Crippen MR) is 79.6 cm³/mol. The molecule has 0 aliphatic carbocycles. The molecule has 4 nitrogen and oxygen atoms in total. The average Bonchev–Trinajstić information content (AvgIpc) is 2.63. The number of hydrogen-bond donors (Lipinski definition) is 1. The second kappa shape index (κ2) is 8.12. The minimum absolute atomic E-state index is 0.760. The van der Waals surface area contributed by atoms with Gasteiger partial charge in [-0.05, 0) is 45.7 Å². The molecule has 1 aromatic rings. The molecule has 0 aliphatic heterocycles. The summed E-state index contributed by atoms with van der Waals surface area (Å²) in [6.07, 6.45) is 2.02. The highest BCUT2D eigenvalue weighted by Crippen LogP contribution is 2.14. The Kier molecular flexibility index (Phi) is 6.81. The van der Waals surface area contributed by atoms with Gasteiger partial charge in [0.25, 0.3) is 0 Å². The highest BCUT2D eigenvalue weighted by molar-refractivity contribution is 5.24. The number of hydrogen-bond acceptors (Lipinski definition) is 3. The third kappa shape index (κ3) is 5.17. The van der Waals surface area contributed by atoms with Gasteiger partial charge in [-0.1, -0.05) is 5.57 Å². The Morgan fingerprint density at radius 2 is 2.11 bits per heavy atom. The van der Waals surface area contributed by atoms with E-state index in [0.717, 1.165) is 44.8 Å². The molecule has 19 heavy (non-hydrogen) atoms. The van der Waals surface area contributed by atoms with E-state index in [-0.39, 0.29) is 0 Å². The van der Waals surface area contributed by atoms with Gasteiger partial charge >= 0.3 is 0 Å². The SMILES string of the molecule is C=C(C)CCn1nc(C)c(CCNCCOC)c1C. The summed E-state index contributed by atoms with van der Waals surface area (Å²) in [7, 11) is 1.72. The molecule has 0 saturated heterocycles. The lowest BCUT2D eigenvalue weighted by atomic mass is 10.1. The van der Waals surface area contributed by atoms with E-state index in [1.165, 1.54) is 16.8 Å². The Morgan fingerprint density at radius 1 is 1.37 bits per heavy atom. The maximum atomic E-state index is 5.01. The molecule has 0 aliphatic rings. The topological polar surface area (TPSA) is 39.1 Å². The maximum Gasteiger partial charge on any atom is 0.0628 e. The molecule has 108 valence electrons. The van der Waals surface area contributed by atoms with E-state index in [2.05, 4.69) is 42.4 Å². The van der Waals surface area contributed by atoms with Crippen molar-refractivity contribution in [2.24, 2.45) is 0 Å². The van der Waals surface area contributed by atoms with Gasteiger partial charge in [0, 0.05) is 25.9 Å². The van der Waals surface area contributed by atoms with Crippen molar-refractivity contribution in [3.8, 4) is 0 Å². The van der Waals surface area contributed by atoms with Crippen molar-refractivity contribution in [2.45, 2.75) is 40.2 Å². The molecule has 0 aromatic carbocycles. The number of allylic oxidation sites excluding steroid dienone is 1. The fourth-order valence-corrected chi connectivity index (χ4v) is 2.12. The Balaban J connectivity index is 2.51. The second-order valence-electron chi connectivity index (χ2n) is 5.07. The summed E-state index contributed by atoms with van der Waals surface area (Å²) in [6, 6.07) is 0. The summed E-state index contributed by atoms with van der Waals surface area (Å²) in [5.74, 6) is 0. The number of aryl methyl sites for hydroxylation is 2. The first-order chi connectivity index (χ1) is 9.06. The molecule has 0 amide bonds. The number of ether oxygens (including phenoxy) is 1. The molecule has 0 unspecified atom stereocenters. The fourth-order valence-electron chi connectivity index (χ4n) is 2.12. The molecular formula is C15H27N3O. The van der Waals surface area contributed by atoms with Crippen molar-refractivity contribution in [1.82, 2.24) is 15.1 Å². The molecule has 0 spiro atoms. The van der Waals surface area contributed by atoms with Gasteiger partial charge in [0.2, 0.25) is 0 Å². The summed E-state index contributed by atoms with van der Waals surface area (Å²) >= 11 is 0. The smallest absolute Gasteiger partial charge is 0.0628 e.